The zero-order valence-corrected chi connectivity index (χ0v) is 24.4. The Morgan fingerprint density at radius 1 is 1.08 bits per heavy atom. The second-order valence-electron chi connectivity index (χ2n) is 11.9. The lowest BCUT2D eigenvalue weighted by Crippen LogP contribution is -2.59. The molecule has 39 heavy (non-hydrogen) atoms. The van der Waals surface area contributed by atoms with Gasteiger partial charge in [0.15, 0.2) is 0 Å². The number of sulfonamides is 1. The lowest BCUT2D eigenvalue weighted by molar-refractivity contribution is -0.161. The van der Waals surface area contributed by atoms with Crippen molar-refractivity contribution in [1.29, 1.82) is 0 Å². The van der Waals surface area contributed by atoms with Crippen LogP contribution < -0.4 is 4.72 Å². The van der Waals surface area contributed by atoms with Crippen LogP contribution in [0.2, 0.25) is 10.0 Å². The fourth-order valence-corrected chi connectivity index (χ4v) is 7.73. The fourth-order valence-electron chi connectivity index (χ4n) is 6.03. The summed E-state index contributed by atoms with van der Waals surface area (Å²) in [5.41, 5.74) is 0.575. The maximum atomic E-state index is 14.4. The van der Waals surface area contributed by atoms with E-state index in [1.165, 1.54) is 0 Å². The highest BCUT2D eigenvalue weighted by Gasteiger charge is 2.55. The van der Waals surface area contributed by atoms with Crippen molar-refractivity contribution in [3.05, 3.63) is 69.7 Å². The van der Waals surface area contributed by atoms with Gasteiger partial charge in [0.05, 0.1) is 22.6 Å². The number of amides is 1. The number of rotatable bonds is 10. The molecular weight excluding hydrogens is 559 g/mol. The zero-order valence-electron chi connectivity index (χ0n) is 22.1. The van der Waals surface area contributed by atoms with Crippen LogP contribution in [0.3, 0.4) is 0 Å². The van der Waals surface area contributed by atoms with Gasteiger partial charge in [-0.15, -0.1) is 0 Å². The van der Waals surface area contributed by atoms with Crippen molar-refractivity contribution >= 4 is 45.1 Å². The number of carboxylic acids is 1. The number of hydrogen-bond acceptors (Lipinski definition) is 4. The maximum Gasteiger partial charge on any atom is 0.304 e. The van der Waals surface area contributed by atoms with E-state index in [1.54, 1.807) is 36.9 Å². The minimum atomic E-state index is -3.57. The Morgan fingerprint density at radius 2 is 1.74 bits per heavy atom. The van der Waals surface area contributed by atoms with Crippen LogP contribution in [0.15, 0.2) is 48.5 Å². The second kappa shape index (κ2) is 10.4. The quantitative estimate of drug-likeness (QED) is 0.364. The summed E-state index contributed by atoms with van der Waals surface area (Å²) in [6.45, 7) is 3.54. The molecule has 7 nitrogen and oxygen atoms in total. The van der Waals surface area contributed by atoms with Gasteiger partial charge >= 0.3 is 5.97 Å². The van der Waals surface area contributed by atoms with Crippen molar-refractivity contribution in [2.75, 3.05) is 6.54 Å². The van der Waals surface area contributed by atoms with E-state index in [2.05, 4.69) is 4.72 Å². The Balaban J connectivity index is 1.63. The van der Waals surface area contributed by atoms with Crippen LogP contribution >= 0.6 is 23.2 Å². The Labute approximate surface area is 239 Å². The van der Waals surface area contributed by atoms with E-state index in [0.29, 0.717) is 29.3 Å². The molecular formula is C29H34Cl2N2O5S. The first-order valence-corrected chi connectivity index (χ1v) is 15.6. The van der Waals surface area contributed by atoms with E-state index in [0.717, 1.165) is 24.0 Å². The average molecular weight is 594 g/mol. The molecule has 3 fully saturated rings. The molecule has 0 aromatic heterocycles. The average Bonchev–Trinajstić information content (AvgIpc) is 3.79. The first-order chi connectivity index (χ1) is 18.3. The van der Waals surface area contributed by atoms with Crippen LogP contribution in [0, 0.1) is 11.3 Å². The van der Waals surface area contributed by atoms with E-state index in [-0.39, 0.29) is 30.7 Å². The largest absolute Gasteiger partial charge is 0.481 e. The standard InChI is InChI=1S/C29H34Cl2N2O5S/c1-28(16-25(34)35)15-23(20-4-3-5-22(31)14-20)26(19-8-10-21(30)11-9-19)33(27(28)36)24(18-6-7-18)17-32-39(37,38)29(2)12-13-29/h3-5,8-11,14,18,23-24,26,32H,6-7,12-13,15-17H2,1-2H3,(H,34,35)/t23-,24-,26-,28-/m1/s1. The summed E-state index contributed by atoms with van der Waals surface area (Å²) in [5, 5.41) is 10.9. The van der Waals surface area contributed by atoms with Crippen molar-refractivity contribution < 1.29 is 23.1 Å². The van der Waals surface area contributed by atoms with Crippen LogP contribution in [0.25, 0.3) is 0 Å². The molecule has 2 saturated carbocycles. The molecule has 1 saturated heterocycles. The second-order valence-corrected chi connectivity index (χ2v) is 15.1. The van der Waals surface area contributed by atoms with Crippen molar-refractivity contribution in [2.24, 2.45) is 11.3 Å². The number of nitrogens with one attached hydrogen (secondary N) is 1. The van der Waals surface area contributed by atoms with Crippen LogP contribution in [0.4, 0.5) is 0 Å². The monoisotopic (exact) mass is 592 g/mol. The molecule has 0 bridgehead atoms. The minimum Gasteiger partial charge on any atom is -0.481 e. The fraction of sp³-hybridized carbons (Fsp3) is 0.517. The molecule has 10 heteroatoms. The third-order valence-electron chi connectivity index (χ3n) is 8.74. The summed E-state index contributed by atoms with van der Waals surface area (Å²) < 4.78 is 28.2. The number of nitrogens with zero attached hydrogens (tertiary/aromatic N) is 1. The number of carboxylic acid groups (broad SMARTS) is 1. The SMILES string of the molecule is CC1(S(=O)(=O)NC[C@H](C2CC2)N2C(=O)[C@@](C)(CC(=O)O)C[C@H](c3cccc(Cl)c3)[C@H]2c2ccc(Cl)cc2)CC1. The molecule has 4 atom stereocenters. The summed E-state index contributed by atoms with van der Waals surface area (Å²) in [7, 11) is -3.57. The van der Waals surface area contributed by atoms with Crippen LogP contribution in [-0.4, -0.2) is 47.6 Å². The minimum absolute atomic E-state index is 0.0871. The molecule has 1 amide bonds. The Kier molecular flexibility index (Phi) is 7.55. The first-order valence-electron chi connectivity index (χ1n) is 13.4. The summed E-state index contributed by atoms with van der Waals surface area (Å²) in [5.74, 6) is -1.47. The van der Waals surface area contributed by atoms with Gasteiger partial charge in [0.2, 0.25) is 15.9 Å². The molecule has 0 spiro atoms. The van der Waals surface area contributed by atoms with Crippen molar-refractivity contribution in [3.8, 4) is 0 Å². The van der Waals surface area contributed by atoms with E-state index in [1.807, 2.05) is 30.3 Å². The number of likely N-dealkylation sites (tertiary alicyclic amines) is 1. The third kappa shape index (κ3) is 5.71. The highest BCUT2D eigenvalue weighted by molar-refractivity contribution is 7.91. The van der Waals surface area contributed by atoms with Crippen molar-refractivity contribution in [2.45, 2.75) is 75.1 Å². The predicted molar refractivity (Wildman–Crippen MR) is 151 cm³/mol. The number of carbonyl (C=O) groups excluding carboxylic acids is 1. The molecule has 5 rings (SSSR count). The summed E-state index contributed by atoms with van der Waals surface area (Å²) in [6, 6.07) is 13.9. The summed E-state index contributed by atoms with van der Waals surface area (Å²) in [6.07, 6.45) is 2.95. The first kappa shape index (κ1) is 28.4. The summed E-state index contributed by atoms with van der Waals surface area (Å²) in [4.78, 5) is 28.2. The smallest absolute Gasteiger partial charge is 0.304 e. The Morgan fingerprint density at radius 3 is 2.31 bits per heavy atom. The van der Waals surface area contributed by atoms with Crippen LogP contribution in [0.1, 0.15) is 75.5 Å². The van der Waals surface area contributed by atoms with Gasteiger partial charge in [-0.2, -0.15) is 0 Å². The molecule has 2 aliphatic carbocycles. The van der Waals surface area contributed by atoms with Gasteiger partial charge in [0.25, 0.3) is 0 Å². The predicted octanol–water partition coefficient (Wildman–Crippen LogP) is 5.78. The molecule has 0 radical (unpaired) electrons. The normalized spacial score (nSPS) is 27.3. The maximum absolute atomic E-state index is 14.4. The van der Waals surface area contributed by atoms with Gasteiger partial charge in [0, 0.05) is 28.5 Å². The zero-order chi connectivity index (χ0) is 28.2. The van der Waals surface area contributed by atoms with Gasteiger partial charge < -0.3 is 10.0 Å². The molecule has 2 aromatic carbocycles. The molecule has 210 valence electrons. The number of carbonyl (C=O) groups is 2. The Hall–Kier alpha value is -2.13. The molecule has 1 heterocycles. The van der Waals surface area contributed by atoms with Crippen molar-refractivity contribution in [3.63, 3.8) is 0 Å². The van der Waals surface area contributed by atoms with E-state index >= 15 is 0 Å². The van der Waals surface area contributed by atoms with Crippen LogP contribution in [-0.2, 0) is 19.6 Å². The molecule has 3 aliphatic rings. The highest BCUT2D eigenvalue weighted by Crippen LogP contribution is 2.54. The lowest BCUT2D eigenvalue weighted by atomic mass is 9.67. The highest BCUT2D eigenvalue weighted by atomic mass is 35.5. The van der Waals surface area contributed by atoms with Gasteiger partial charge in [0.1, 0.15) is 0 Å². The van der Waals surface area contributed by atoms with Gasteiger partial charge in [-0.25, -0.2) is 13.1 Å². The molecule has 2 aromatic rings. The topological polar surface area (TPSA) is 104 Å². The van der Waals surface area contributed by atoms with Gasteiger partial charge in [-0.1, -0.05) is 54.4 Å². The van der Waals surface area contributed by atoms with Gasteiger partial charge in [-0.3, -0.25) is 9.59 Å². The lowest BCUT2D eigenvalue weighted by Gasteiger charge is -2.52. The third-order valence-corrected chi connectivity index (χ3v) is 11.5. The number of aliphatic carboxylic acids is 1. The van der Waals surface area contributed by atoms with E-state index < -0.39 is 38.2 Å². The van der Waals surface area contributed by atoms with Crippen LogP contribution in [0.5, 0.6) is 0 Å². The summed E-state index contributed by atoms with van der Waals surface area (Å²) >= 11 is 12.6. The number of hydrogen-bond donors (Lipinski definition) is 2. The van der Waals surface area contributed by atoms with Crippen molar-refractivity contribution in [1.82, 2.24) is 9.62 Å². The van der Waals surface area contributed by atoms with E-state index in [4.69, 9.17) is 23.2 Å². The number of benzene rings is 2. The molecule has 0 unspecified atom stereocenters. The Bertz CT molecular complexity index is 1370. The molecule has 1 aliphatic heterocycles. The number of piperidine rings is 1. The number of halogens is 2. The van der Waals surface area contributed by atoms with Gasteiger partial charge in [-0.05, 0) is 80.3 Å². The molecule has 2 N–H and O–H groups in total. The van der Waals surface area contributed by atoms with E-state index in [9.17, 15) is 23.1 Å².